The second-order valence-electron chi connectivity index (χ2n) is 4.30. The Hall–Kier alpha value is -0.870. The monoisotopic (exact) mass is 359 g/mol. The van der Waals surface area contributed by atoms with Crippen LogP contribution in [0.3, 0.4) is 0 Å². The molecule has 110 valence electrons. The first-order valence-electron chi connectivity index (χ1n) is 6.14. The molecule has 0 heterocycles. The van der Waals surface area contributed by atoms with Crippen molar-refractivity contribution in [2.24, 2.45) is 0 Å². The van der Waals surface area contributed by atoms with Crippen LogP contribution in [-0.4, -0.2) is 11.2 Å². The second-order valence-corrected chi connectivity index (χ2v) is 6.96. The predicted molar refractivity (Wildman–Crippen MR) is 91.9 cm³/mol. The van der Waals surface area contributed by atoms with Gasteiger partial charge in [0.1, 0.15) is 0 Å². The first-order chi connectivity index (χ1) is 9.97. The molecule has 2 rings (SSSR count). The molecule has 0 radical (unpaired) electrons. The Labute approximate surface area is 142 Å². The molecule has 0 saturated carbocycles. The van der Waals surface area contributed by atoms with Gasteiger partial charge in [-0.15, -0.1) is 11.8 Å². The van der Waals surface area contributed by atoms with Gasteiger partial charge in [-0.05, 0) is 43.3 Å². The van der Waals surface area contributed by atoms with Crippen LogP contribution < -0.4 is 5.32 Å². The molecule has 0 aliphatic carbocycles. The third kappa shape index (κ3) is 4.55. The molecule has 0 aliphatic heterocycles. The summed E-state index contributed by atoms with van der Waals surface area (Å²) in [7, 11) is 0. The van der Waals surface area contributed by atoms with Gasteiger partial charge in [0, 0.05) is 9.92 Å². The van der Waals surface area contributed by atoms with Gasteiger partial charge in [0.15, 0.2) is 0 Å². The van der Waals surface area contributed by atoms with Gasteiger partial charge in [-0.2, -0.15) is 0 Å². The van der Waals surface area contributed by atoms with Crippen LogP contribution in [0.1, 0.15) is 6.92 Å². The molecule has 2 nitrogen and oxygen atoms in total. The molecule has 1 amide bonds. The number of hydrogen-bond donors (Lipinski definition) is 1. The third-order valence-electron chi connectivity index (χ3n) is 2.71. The standard InChI is InChI=1S/C15H12Cl3NOS/c1-9(21-11-7-5-10(16)6-8-11)15(20)19-14-12(17)3-2-4-13(14)18/h2-9H,1H3,(H,19,20)/t9-/m1/s1. The molecule has 0 unspecified atom stereocenters. The number of para-hydroxylation sites is 1. The highest BCUT2D eigenvalue weighted by atomic mass is 35.5. The van der Waals surface area contributed by atoms with Crippen LogP contribution in [0.4, 0.5) is 5.69 Å². The fourth-order valence-corrected chi connectivity index (χ4v) is 3.10. The number of carbonyl (C=O) groups is 1. The number of anilines is 1. The van der Waals surface area contributed by atoms with Crippen molar-refractivity contribution in [3.05, 3.63) is 57.5 Å². The van der Waals surface area contributed by atoms with E-state index in [0.717, 1.165) is 4.90 Å². The normalized spacial score (nSPS) is 12.0. The molecule has 21 heavy (non-hydrogen) atoms. The van der Waals surface area contributed by atoms with Crippen molar-refractivity contribution >= 4 is 58.2 Å². The van der Waals surface area contributed by atoms with Gasteiger partial charge in [-0.3, -0.25) is 4.79 Å². The highest BCUT2D eigenvalue weighted by molar-refractivity contribution is 8.00. The molecule has 0 fully saturated rings. The van der Waals surface area contributed by atoms with Gasteiger partial charge in [-0.25, -0.2) is 0 Å². The van der Waals surface area contributed by atoms with Crippen molar-refractivity contribution in [3.63, 3.8) is 0 Å². The van der Waals surface area contributed by atoms with Crippen molar-refractivity contribution in [2.75, 3.05) is 5.32 Å². The summed E-state index contributed by atoms with van der Waals surface area (Å²) in [6, 6.07) is 12.4. The summed E-state index contributed by atoms with van der Waals surface area (Å²) in [5.41, 5.74) is 0.439. The molecule has 0 saturated heterocycles. The molecule has 1 atom stereocenters. The Balaban J connectivity index is 2.04. The van der Waals surface area contributed by atoms with Gasteiger partial charge in [0.2, 0.25) is 5.91 Å². The molecule has 0 bridgehead atoms. The number of halogens is 3. The van der Waals surface area contributed by atoms with Crippen molar-refractivity contribution in [3.8, 4) is 0 Å². The smallest absolute Gasteiger partial charge is 0.237 e. The topological polar surface area (TPSA) is 29.1 Å². The second kappa shape index (κ2) is 7.41. The largest absolute Gasteiger partial charge is 0.323 e. The van der Waals surface area contributed by atoms with Crippen LogP contribution in [0, 0.1) is 0 Å². The summed E-state index contributed by atoms with van der Waals surface area (Å²) >= 11 is 19.3. The molecule has 2 aromatic rings. The van der Waals surface area contributed by atoms with E-state index in [0.29, 0.717) is 20.8 Å². The minimum atomic E-state index is -0.293. The lowest BCUT2D eigenvalue weighted by atomic mass is 10.3. The Morgan fingerprint density at radius 3 is 2.19 bits per heavy atom. The lowest BCUT2D eigenvalue weighted by Crippen LogP contribution is -2.22. The molecule has 0 aromatic heterocycles. The van der Waals surface area contributed by atoms with E-state index in [9.17, 15) is 4.79 Å². The van der Waals surface area contributed by atoms with Crippen LogP contribution in [0.5, 0.6) is 0 Å². The van der Waals surface area contributed by atoms with E-state index in [2.05, 4.69) is 5.32 Å². The number of nitrogens with one attached hydrogen (secondary N) is 1. The van der Waals surface area contributed by atoms with Gasteiger partial charge >= 0.3 is 0 Å². The summed E-state index contributed by atoms with van der Waals surface area (Å²) in [6.07, 6.45) is 0. The first kappa shape index (κ1) is 16.5. The van der Waals surface area contributed by atoms with Crippen molar-refractivity contribution in [2.45, 2.75) is 17.1 Å². The van der Waals surface area contributed by atoms with Crippen LogP contribution in [0.25, 0.3) is 0 Å². The van der Waals surface area contributed by atoms with E-state index in [1.807, 2.05) is 19.1 Å². The van der Waals surface area contributed by atoms with E-state index in [1.54, 1.807) is 30.3 Å². The summed E-state index contributed by atoms with van der Waals surface area (Å²) in [5, 5.41) is 3.97. The van der Waals surface area contributed by atoms with E-state index >= 15 is 0 Å². The number of carbonyl (C=O) groups excluding carboxylic acids is 1. The Morgan fingerprint density at radius 2 is 1.62 bits per heavy atom. The average Bonchev–Trinajstić information content (AvgIpc) is 2.45. The number of rotatable bonds is 4. The highest BCUT2D eigenvalue weighted by Crippen LogP contribution is 2.31. The van der Waals surface area contributed by atoms with Gasteiger partial charge in [0.25, 0.3) is 0 Å². The van der Waals surface area contributed by atoms with Crippen molar-refractivity contribution in [1.29, 1.82) is 0 Å². The van der Waals surface area contributed by atoms with Crippen LogP contribution in [-0.2, 0) is 4.79 Å². The summed E-state index contributed by atoms with van der Waals surface area (Å²) < 4.78 is 0. The molecule has 0 spiro atoms. The minimum absolute atomic E-state index is 0.162. The SMILES string of the molecule is C[C@@H](Sc1ccc(Cl)cc1)C(=O)Nc1c(Cl)cccc1Cl. The van der Waals surface area contributed by atoms with Crippen molar-refractivity contribution in [1.82, 2.24) is 0 Å². The lowest BCUT2D eigenvalue weighted by Gasteiger charge is -2.14. The van der Waals surface area contributed by atoms with Gasteiger partial charge < -0.3 is 5.32 Å². The lowest BCUT2D eigenvalue weighted by molar-refractivity contribution is -0.115. The van der Waals surface area contributed by atoms with Crippen LogP contribution in [0.15, 0.2) is 47.4 Å². The quantitative estimate of drug-likeness (QED) is 0.702. The van der Waals surface area contributed by atoms with Gasteiger partial charge in [0.05, 0.1) is 21.0 Å². The minimum Gasteiger partial charge on any atom is -0.323 e. The molecular weight excluding hydrogens is 349 g/mol. The van der Waals surface area contributed by atoms with Crippen LogP contribution in [0.2, 0.25) is 15.1 Å². The van der Waals surface area contributed by atoms with E-state index in [-0.39, 0.29) is 11.2 Å². The predicted octanol–water partition coefficient (Wildman–Crippen LogP) is 5.77. The van der Waals surface area contributed by atoms with Crippen molar-refractivity contribution < 1.29 is 4.79 Å². The fourth-order valence-electron chi connectivity index (χ4n) is 1.61. The highest BCUT2D eigenvalue weighted by Gasteiger charge is 2.17. The van der Waals surface area contributed by atoms with E-state index in [4.69, 9.17) is 34.8 Å². The summed E-state index contributed by atoms with van der Waals surface area (Å²) in [5.74, 6) is -0.162. The zero-order chi connectivity index (χ0) is 15.4. The Bertz CT molecular complexity index is 626. The van der Waals surface area contributed by atoms with E-state index in [1.165, 1.54) is 11.8 Å². The van der Waals surface area contributed by atoms with Gasteiger partial charge in [-0.1, -0.05) is 40.9 Å². The number of benzene rings is 2. The Kier molecular flexibility index (Phi) is 5.82. The number of thioether (sulfide) groups is 1. The molecule has 1 N–H and O–H groups in total. The maximum absolute atomic E-state index is 12.2. The maximum Gasteiger partial charge on any atom is 0.237 e. The van der Waals surface area contributed by atoms with Crippen LogP contribution >= 0.6 is 46.6 Å². The maximum atomic E-state index is 12.2. The number of amides is 1. The summed E-state index contributed by atoms with van der Waals surface area (Å²) in [6.45, 7) is 1.82. The molecule has 2 aromatic carbocycles. The zero-order valence-corrected chi connectivity index (χ0v) is 14.2. The summed E-state index contributed by atoms with van der Waals surface area (Å²) in [4.78, 5) is 13.2. The molecular formula is C15H12Cl3NOS. The molecule has 0 aliphatic rings. The fraction of sp³-hybridized carbons (Fsp3) is 0.133. The molecule has 6 heteroatoms. The third-order valence-corrected chi connectivity index (χ3v) is 4.70. The Morgan fingerprint density at radius 1 is 1.05 bits per heavy atom. The first-order valence-corrected chi connectivity index (χ1v) is 8.16. The number of hydrogen-bond acceptors (Lipinski definition) is 2. The zero-order valence-electron chi connectivity index (χ0n) is 11.1. The van der Waals surface area contributed by atoms with E-state index < -0.39 is 0 Å². The average molecular weight is 361 g/mol.